The first kappa shape index (κ1) is 12.0. The first-order valence-corrected chi connectivity index (χ1v) is 6.53. The second-order valence-electron chi connectivity index (χ2n) is 4.00. The van der Waals surface area contributed by atoms with Crippen LogP contribution < -0.4 is 5.73 Å². The Balaban J connectivity index is 2.03. The van der Waals surface area contributed by atoms with Crippen molar-refractivity contribution in [3.63, 3.8) is 0 Å². The second kappa shape index (κ2) is 5.75. The van der Waals surface area contributed by atoms with Crippen LogP contribution in [0.5, 0.6) is 0 Å². The predicted octanol–water partition coefficient (Wildman–Crippen LogP) is 2.56. The monoisotopic (exact) mass is 245 g/mol. The van der Waals surface area contributed by atoms with Gasteiger partial charge in [-0.1, -0.05) is 24.3 Å². The van der Waals surface area contributed by atoms with E-state index in [1.165, 1.54) is 0 Å². The summed E-state index contributed by atoms with van der Waals surface area (Å²) in [5.41, 5.74) is 8.87. The number of carbonyl (C=O) groups is 1. The van der Waals surface area contributed by atoms with Crippen LogP contribution in [0.3, 0.4) is 0 Å². The zero-order valence-electron chi connectivity index (χ0n) is 9.56. The van der Waals surface area contributed by atoms with E-state index in [1.807, 2.05) is 41.1 Å². The summed E-state index contributed by atoms with van der Waals surface area (Å²) in [7, 11) is 0. The van der Waals surface area contributed by atoms with Crippen LogP contribution in [-0.2, 0) is 24.2 Å². The smallest absolute Gasteiger partial charge is 0.141 e. The van der Waals surface area contributed by atoms with E-state index in [0.29, 0.717) is 19.4 Å². The summed E-state index contributed by atoms with van der Waals surface area (Å²) >= 11 is 1.62. The van der Waals surface area contributed by atoms with Gasteiger partial charge in [-0.25, -0.2) is 0 Å². The van der Waals surface area contributed by atoms with Crippen LogP contribution >= 0.6 is 11.3 Å². The van der Waals surface area contributed by atoms with Gasteiger partial charge in [0, 0.05) is 19.4 Å². The Kier molecular flexibility index (Phi) is 4.07. The van der Waals surface area contributed by atoms with Crippen molar-refractivity contribution < 1.29 is 4.79 Å². The molecule has 17 heavy (non-hydrogen) atoms. The molecule has 0 spiro atoms. The van der Waals surface area contributed by atoms with Gasteiger partial charge in [0.15, 0.2) is 0 Å². The fraction of sp³-hybridized carbons (Fsp3) is 0.214. The van der Waals surface area contributed by atoms with Crippen LogP contribution in [0.15, 0.2) is 41.1 Å². The van der Waals surface area contributed by atoms with Gasteiger partial charge in [-0.3, -0.25) is 4.79 Å². The number of Topliss-reactive ketones (excluding diaryl/α,β-unsaturated/α-hetero) is 1. The molecule has 0 unspecified atom stereocenters. The van der Waals surface area contributed by atoms with E-state index < -0.39 is 0 Å². The highest BCUT2D eigenvalue weighted by Gasteiger charge is 2.08. The lowest BCUT2D eigenvalue weighted by atomic mass is 10.00. The van der Waals surface area contributed by atoms with Crippen LogP contribution in [0, 0.1) is 0 Å². The molecule has 0 radical (unpaired) electrons. The van der Waals surface area contributed by atoms with E-state index in [9.17, 15) is 4.79 Å². The van der Waals surface area contributed by atoms with Crippen LogP contribution in [0.1, 0.15) is 16.7 Å². The molecule has 0 bridgehead atoms. The average molecular weight is 245 g/mol. The first-order valence-electron chi connectivity index (χ1n) is 5.59. The van der Waals surface area contributed by atoms with E-state index in [1.54, 1.807) is 11.3 Å². The standard InChI is InChI=1S/C14H15NOS/c15-9-13-4-2-1-3-12(13)8-14(16)7-11-5-6-17-10-11/h1-6,10H,7-9,15H2. The molecule has 88 valence electrons. The van der Waals surface area contributed by atoms with E-state index >= 15 is 0 Å². The van der Waals surface area contributed by atoms with Crippen molar-refractivity contribution >= 4 is 17.1 Å². The van der Waals surface area contributed by atoms with Crippen LogP contribution in [0.2, 0.25) is 0 Å². The molecule has 0 aliphatic carbocycles. The quantitative estimate of drug-likeness (QED) is 0.879. The first-order chi connectivity index (χ1) is 8.29. The van der Waals surface area contributed by atoms with Crippen molar-refractivity contribution in [1.82, 2.24) is 0 Å². The highest BCUT2D eigenvalue weighted by Crippen LogP contribution is 2.12. The van der Waals surface area contributed by atoms with Crippen LogP contribution in [-0.4, -0.2) is 5.78 Å². The molecule has 1 heterocycles. The molecular weight excluding hydrogens is 230 g/mol. The summed E-state index contributed by atoms with van der Waals surface area (Å²) in [6, 6.07) is 9.86. The Labute approximate surface area is 105 Å². The Bertz CT molecular complexity index is 491. The predicted molar refractivity (Wildman–Crippen MR) is 71.1 cm³/mol. The molecule has 0 fully saturated rings. The fourth-order valence-electron chi connectivity index (χ4n) is 1.82. The molecular formula is C14H15NOS. The molecule has 1 aromatic carbocycles. The molecule has 0 saturated carbocycles. The lowest BCUT2D eigenvalue weighted by molar-refractivity contribution is -0.117. The lowest BCUT2D eigenvalue weighted by Crippen LogP contribution is -2.09. The highest BCUT2D eigenvalue weighted by atomic mass is 32.1. The summed E-state index contributed by atoms with van der Waals surface area (Å²) in [6.45, 7) is 0.488. The average Bonchev–Trinajstić information content (AvgIpc) is 2.82. The van der Waals surface area contributed by atoms with Gasteiger partial charge in [0.1, 0.15) is 5.78 Å². The van der Waals surface area contributed by atoms with E-state index in [-0.39, 0.29) is 5.78 Å². The van der Waals surface area contributed by atoms with Gasteiger partial charge >= 0.3 is 0 Å². The van der Waals surface area contributed by atoms with Crippen molar-refractivity contribution in [3.05, 3.63) is 57.8 Å². The van der Waals surface area contributed by atoms with Crippen molar-refractivity contribution in [2.75, 3.05) is 0 Å². The largest absolute Gasteiger partial charge is 0.326 e. The minimum atomic E-state index is 0.240. The number of carbonyl (C=O) groups excluding carboxylic acids is 1. The normalized spacial score (nSPS) is 10.4. The molecule has 2 nitrogen and oxygen atoms in total. The van der Waals surface area contributed by atoms with E-state index in [0.717, 1.165) is 16.7 Å². The Morgan fingerprint density at radius 3 is 2.53 bits per heavy atom. The molecule has 2 N–H and O–H groups in total. The number of ketones is 1. The summed E-state index contributed by atoms with van der Waals surface area (Å²) in [5, 5.41) is 4.02. The van der Waals surface area contributed by atoms with Gasteiger partial charge in [0.25, 0.3) is 0 Å². The summed E-state index contributed by atoms with van der Waals surface area (Å²) in [6.07, 6.45) is 0.992. The third kappa shape index (κ3) is 3.25. The molecule has 2 aromatic rings. The molecule has 2 rings (SSSR count). The zero-order chi connectivity index (χ0) is 12.1. The summed E-state index contributed by atoms with van der Waals surface area (Å²) < 4.78 is 0. The summed E-state index contributed by atoms with van der Waals surface area (Å²) in [4.78, 5) is 11.9. The Hall–Kier alpha value is -1.45. The SMILES string of the molecule is NCc1ccccc1CC(=O)Cc1ccsc1. The van der Waals surface area contributed by atoms with Crippen LogP contribution in [0.4, 0.5) is 0 Å². The number of rotatable bonds is 5. The van der Waals surface area contributed by atoms with E-state index in [2.05, 4.69) is 0 Å². The number of hydrogen-bond donors (Lipinski definition) is 1. The van der Waals surface area contributed by atoms with Gasteiger partial charge < -0.3 is 5.73 Å². The highest BCUT2D eigenvalue weighted by molar-refractivity contribution is 7.07. The Morgan fingerprint density at radius 1 is 1.12 bits per heavy atom. The molecule has 3 heteroatoms. The fourth-order valence-corrected chi connectivity index (χ4v) is 2.49. The molecule has 0 aliphatic heterocycles. The lowest BCUT2D eigenvalue weighted by Gasteiger charge is -2.06. The van der Waals surface area contributed by atoms with Gasteiger partial charge in [0.2, 0.25) is 0 Å². The van der Waals surface area contributed by atoms with Gasteiger partial charge in [-0.15, -0.1) is 0 Å². The molecule has 0 aliphatic rings. The van der Waals surface area contributed by atoms with Crippen molar-refractivity contribution in [1.29, 1.82) is 0 Å². The van der Waals surface area contributed by atoms with Gasteiger partial charge in [-0.2, -0.15) is 11.3 Å². The summed E-state index contributed by atoms with van der Waals surface area (Å²) in [5.74, 6) is 0.240. The third-order valence-electron chi connectivity index (χ3n) is 2.71. The minimum absolute atomic E-state index is 0.240. The topological polar surface area (TPSA) is 43.1 Å². The molecule has 1 aromatic heterocycles. The molecule has 0 amide bonds. The maximum absolute atomic E-state index is 11.9. The maximum Gasteiger partial charge on any atom is 0.141 e. The maximum atomic E-state index is 11.9. The van der Waals surface area contributed by atoms with E-state index in [4.69, 9.17) is 5.73 Å². The van der Waals surface area contributed by atoms with Crippen molar-refractivity contribution in [2.24, 2.45) is 5.73 Å². The minimum Gasteiger partial charge on any atom is -0.326 e. The number of benzene rings is 1. The zero-order valence-corrected chi connectivity index (χ0v) is 10.4. The van der Waals surface area contributed by atoms with Crippen molar-refractivity contribution in [3.8, 4) is 0 Å². The van der Waals surface area contributed by atoms with Gasteiger partial charge in [0.05, 0.1) is 0 Å². The number of hydrogen-bond acceptors (Lipinski definition) is 3. The Morgan fingerprint density at radius 2 is 1.88 bits per heavy atom. The molecule has 0 saturated heterocycles. The number of nitrogens with two attached hydrogens (primary N) is 1. The molecule has 0 atom stereocenters. The van der Waals surface area contributed by atoms with Gasteiger partial charge in [-0.05, 0) is 33.5 Å². The third-order valence-corrected chi connectivity index (χ3v) is 3.44. The van der Waals surface area contributed by atoms with Crippen molar-refractivity contribution in [2.45, 2.75) is 19.4 Å². The second-order valence-corrected chi connectivity index (χ2v) is 4.78. The van der Waals surface area contributed by atoms with Crippen LogP contribution in [0.25, 0.3) is 0 Å². The number of thiophene rings is 1.